The number of β-amino-alcohol motifs (C(OH)–C–C–N with tert-alkyl or cyclic N) is 2. The average molecular weight is 331 g/mol. The van der Waals surface area contributed by atoms with Crippen LogP contribution in [0.15, 0.2) is 0 Å². The van der Waals surface area contributed by atoms with Crippen molar-refractivity contribution in [2.45, 2.75) is 36.9 Å². The molecule has 21 heavy (non-hydrogen) atoms. The molecular formula is C10H21NO9S. The van der Waals surface area contributed by atoms with Crippen molar-refractivity contribution in [3.05, 3.63) is 0 Å². The lowest BCUT2D eigenvalue weighted by atomic mass is 9.97. The SMILES string of the molecule is O=S(=O)(O)O[C@@H](CO)[C@H](O)CN1C[C@@H](O)[C@@H](O)C[C@H]1CO. The molecule has 10 nitrogen and oxygen atoms in total. The molecule has 126 valence electrons. The first-order valence-electron chi connectivity index (χ1n) is 6.33. The van der Waals surface area contributed by atoms with Crippen molar-refractivity contribution in [3.8, 4) is 0 Å². The quantitative estimate of drug-likeness (QED) is 0.255. The standard InChI is InChI=1S/C10H21NO9S/c12-4-6-1-7(14)8(15)2-11(6)3-9(16)10(5-13)20-21(17,18)19/h6-10,12-16H,1-5H2,(H,17,18,19)/t6-,7-,8+,9+,10-/m0/s1. The number of nitrogens with zero attached hydrogens (tertiary/aromatic N) is 1. The van der Waals surface area contributed by atoms with Gasteiger partial charge in [0, 0.05) is 19.1 Å². The number of hydrogen-bond donors (Lipinski definition) is 6. The molecule has 1 aliphatic heterocycles. The number of aliphatic hydroxyl groups is 5. The Hall–Kier alpha value is -0.370. The summed E-state index contributed by atoms with van der Waals surface area (Å²) in [5, 5.41) is 47.2. The van der Waals surface area contributed by atoms with Gasteiger partial charge >= 0.3 is 10.4 Å². The molecule has 1 aliphatic rings. The number of aliphatic hydroxyl groups excluding tert-OH is 5. The van der Waals surface area contributed by atoms with Crippen molar-refractivity contribution in [3.63, 3.8) is 0 Å². The van der Waals surface area contributed by atoms with Gasteiger partial charge in [-0.1, -0.05) is 0 Å². The van der Waals surface area contributed by atoms with Crippen molar-refractivity contribution in [2.75, 3.05) is 26.3 Å². The van der Waals surface area contributed by atoms with Crippen LogP contribution >= 0.6 is 0 Å². The van der Waals surface area contributed by atoms with Crippen LogP contribution in [0.2, 0.25) is 0 Å². The van der Waals surface area contributed by atoms with Gasteiger partial charge in [0.1, 0.15) is 6.10 Å². The van der Waals surface area contributed by atoms with E-state index in [0.29, 0.717) is 0 Å². The highest BCUT2D eigenvalue weighted by molar-refractivity contribution is 7.80. The van der Waals surface area contributed by atoms with Crippen molar-refractivity contribution in [2.24, 2.45) is 0 Å². The number of hydrogen-bond acceptors (Lipinski definition) is 9. The zero-order valence-electron chi connectivity index (χ0n) is 11.2. The maximum atomic E-state index is 10.6. The van der Waals surface area contributed by atoms with E-state index in [-0.39, 0.29) is 26.1 Å². The average Bonchev–Trinajstić information content (AvgIpc) is 2.38. The summed E-state index contributed by atoms with van der Waals surface area (Å²) >= 11 is 0. The molecule has 1 fully saturated rings. The number of piperidine rings is 1. The summed E-state index contributed by atoms with van der Waals surface area (Å²) in [7, 11) is -4.84. The zero-order valence-corrected chi connectivity index (χ0v) is 12.0. The van der Waals surface area contributed by atoms with E-state index in [9.17, 15) is 28.8 Å². The maximum Gasteiger partial charge on any atom is 0.397 e. The van der Waals surface area contributed by atoms with Crippen LogP contribution in [0, 0.1) is 0 Å². The second-order valence-corrected chi connectivity index (χ2v) is 6.02. The molecule has 5 atom stereocenters. The summed E-state index contributed by atoms with van der Waals surface area (Å²) < 4.78 is 33.9. The van der Waals surface area contributed by atoms with E-state index in [1.807, 2.05) is 0 Å². The molecule has 0 aromatic carbocycles. The van der Waals surface area contributed by atoms with Crippen molar-refractivity contribution < 1.29 is 42.7 Å². The Labute approximate surface area is 122 Å². The molecule has 0 saturated carbocycles. The Morgan fingerprint density at radius 2 is 1.86 bits per heavy atom. The summed E-state index contributed by atoms with van der Waals surface area (Å²) in [6.45, 7) is -1.47. The molecule has 0 aromatic heterocycles. The summed E-state index contributed by atoms with van der Waals surface area (Å²) in [5.74, 6) is 0. The first-order valence-corrected chi connectivity index (χ1v) is 7.70. The minimum Gasteiger partial charge on any atom is -0.395 e. The third kappa shape index (κ3) is 5.73. The van der Waals surface area contributed by atoms with Crippen molar-refractivity contribution in [1.29, 1.82) is 0 Å². The molecule has 0 unspecified atom stereocenters. The second-order valence-electron chi connectivity index (χ2n) is 4.97. The topological polar surface area (TPSA) is 168 Å². The largest absolute Gasteiger partial charge is 0.397 e. The molecule has 1 rings (SSSR count). The number of rotatable bonds is 7. The van der Waals surface area contributed by atoms with Crippen LogP contribution in [0.5, 0.6) is 0 Å². The molecule has 0 spiro atoms. The third-order valence-corrected chi connectivity index (χ3v) is 3.87. The van der Waals surface area contributed by atoms with Gasteiger partial charge in [0.2, 0.25) is 0 Å². The highest BCUT2D eigenvalue weighted by Gasteiger charge is 2.36. The number of likely N-dealkylation sites (tertiary alicyclic amines) is 1. The summed E-state index contributed by atoms with van der Waals surface area (Å²) in [5.41, 5.74) is 0. The molecule has 11 heteroatoms. The summed E-state index contributed by atoms with van der Waals surface area (Å²) in [4.78, 5) is 1.44. The molecular weight excluding hydrogens is 310 g/mol. The predicted octanol–water partition coefficient (Wildman–Crippen LogP) is -3.68. The fourth-order valence-corrected chi connectivity index (χ4v) is 2.74. The Bertz CT molecular complexity index is 417. The van der Waals surface area contributed by atoms with Crippen LogP contribution in [0.4, 0.5) is 0 Å². The molecule has 6 N–H and O–H groups in total. The Morgan fingerprint density at radius 1 is 1.24 bits per heavy atom. The summed E-state index contributed by atoms with van der Waals surface area (Å²) in [6.07, 6.45) is -5.07. The molecule has 0 amide bonds. The molecule has 1 saturated heterocycles. The smallest absolute Gasteiger partial charge is 0.395 e. The Morgan fingerprint density at radius 3 is 2.33 bits per heavy atom. The van der Waals surface area contributed by atoms with Crippen molar-refractivity contribution in [1.82, 2.24) is 4.90 Å². The van der Waals surface area contributed by atoms with E-state index in [4.69, 9.17) is 9.66 Å². The van der Waals surface area contributed by atoms with Gasteiger partial charge in [-0.25, -0.2) is 4.18 Å². The van der Waals surface area contributed by atoms with Gasteiger partial charge in [-0.2, -0.15) is 8.42 Å². The molecule has 1 heterocycles. The van der Waals surface area contributed by atoms with Crippen LogP contribution in [0.25, 0.3) is 0 Å². The van der Waals surface area contributed by atoms with Crippen LogP contribution in [-0.2, 0) is 14.6 Å². The minimum absolute atomic E-state index is 0.0481. The fourth-order valence-electron chi connectivity index (χ4n) is 2.24. The lowest BCUT2D eigenvalue weighted by molar-refractivity contribution is -0.0918. The van der Waals surface area contributed by atoms with E-state index in [2.05, 4.69) is 4.18 Å². The predicted molar refractivity (Wildman–Crippen MR) is 68.6 cm³/mol. The first kappa shape index (κ1) is 18.7. The Balaban J connectivity index is 2.68. The van der Waals surface area contributed by atoms with Crippen molar-refractivity contribution >= 4 is 10.4 Å². The van der Waals surface area contributed by atoms with Crippen LogP contribution in [-0.4, -0.2) is 100 Å². The third-order valence-electron chi connectivity index (χ3n) is 3.38. The molecule has 0 aromatic rings. The lowest BCUT2D eigenvalue weighted by Gasteiger charge is -2.41. The van der Waals surface area contributed by atoms with E-state index < -0.39 is 47.5 Å². The highest BCUT2D eigenvalue weighted by atomic mass is 32.3. The van der Waals surface area contributed by atoms with E-state index in [1.54, 1.807) is 0 Å². The molecule has 0 radical (unpaired) electrons. The normalized spacial score (nSPS) is 31.0. The van der Waals surface area contributed by atoms with Crippen LogP contribution < -0.4 is 0 Å². The van der Waals surface area contributed by atoms with E-state index >= 15 is 0 Å². The van der Waals surface area contributed by atoms with Gasteiger partial charge in [-0.15, -0.1) is 0 Å². The second kappa shape index (κ2) is 7.76. The van der Waals surface area contributed by atoms with E-state index in [1.165, 1.54) is 4.90 Å². The van der Waals surface area contributed by atoms with Crippen LogP contribution in [0.3, 0.4) is 0 Å². The van der Waals surface area contributed by atoms with E-state index in [0.717, 1.165) is 0 Å². The van der Waals surface area contributed by atoms with Gasteiger partial charge < -0.3 is 25.5 Å². The maximum absolute atomic E-state index is 10.6. The lowest BCUT2D eigenvalue weighted by Crippen LogP contribution is -2.56. The zero-order chi connectivity index (χ0) is 16.2. The summed E-state index contributed by atoms with van der Waals surface area (Å²) in [6, 6.07) is -0.539. The van der Waals surface area contributed by atoms with Gasteiger partial charge in [-0.05, 0) is 6.42 Å². The van der Waals surface area contributed by atoms with Gasteiger partial charge in [0.25, 0.3) is 0 Å². The molecule has 0 aliphatic carbocycles. The van der Waals surface area contributed by atoms with Crippen LogP contribution in [0.1, 0.15) is 6.42 Å². The van der Waals surface area contributed by atoms with Gasteiger partial charge in [0.05, 0.1) is 31.5 Å². The monoisotopic (exact) mass is 331 g/mol. The minimum atomic E-state index is -4.84. The van der Waals surface area contributed by atoms with Gasteiger partial charge in [-0.3, -0.25) is 9.45 Å². The fraction of sp³-hybridized carbons (Fsp3) is 1.00. The molecule has 0 bridgehead atoms. The Kier molecular flexibility index (Phi) is 6.90. The highest BCUT2D eigenvalue weighted by Crippen LogP contribution is 2.19. The van der Waals surface area contributed by atoms with Gasteiger partial charge in [0.15, 0.2) is 0 Å². The first-order chi connectivity index (χ1) is 9.67.